The molecule has 0 spiro atoms. The van der Waals surface area contributed by atoms with Crippen LogP contribution >= 0.6 is 0 Å². The Labute approximate surface area is 263 Å². The predicted molar refractivity (Wildman–Crippen MR) is 160 cm³/mol. The van der Waals surface area contributed by atoms with Crippen LogP contribution in [0.15, 0.2) is 34.3 Å². The van der Waals surface area contributed by atoms with E-state index in [2.05, 4.69) is 51.5 Å². The van der Waals surface area contributed by atoms with Gasteiger partial charge in [0.15, 0.2) is 6.04 Å². The topological polar surface area (TPSA) is 105 Å². The molecule has 0 saturated heterocycles. The Kier molecular flexibility index (Phi) is 11.5. The molecule has 1 unspecified atom stereocenters. The molecule has 2 rings (SSSR count). The van der Waals surface area contributed by atoms with E-state index in [1.165, 1.54) is 12.4 Å². The van der Waals surface area contributed by atoms with Crippen molar-refractivity contribution in [1.29, 1.82) is 0 Å². The summed E-state index contributed by atoms with van der Waals surface area (Å²) < 4.78 is 0. The molecule has 6 nitrogen and oxygen atoms in total. The second kappa shape index (κ2) is 12.8. The van der Waals surface area contributed by atoms with E-state index in [-0.39, 0.29) is 69.3 Å². The van der Waals surface area contributed by atoms with Crippen LogP contribution in [0.5, 0.6) is 11.5 Å². The normalized spacial score (nSPS) is 14.0. The zero-order valence-corrected chi connectivity index (χ0v) is 28.9. The van der Waals surface area contributed by atoms with Gasteiger partial charge in [-0.2, -0.15) is 0 Å². The number of nitrogens with zero attached hydrogens (tertiary/aromatic N) is 2. The molecule has 0 aromatic heterocycles. The van der Waals surface area contributed by atoms with Gasteiger partial charge in [-0.15, -0.1) is 0 Å². The van der Waals surface area contributed by atoms with Crippen LogP contribution in [0.25, 0.3) is 0 Å². The first-order valence-corrected chi connectivity index (χ1v) is 13.5. The number of aliphatic carboxylic acids is 1. The van der Waals surface area contributed by atoms with Crippen LogP contribution in [-0.4, -0.2) is 41.2 Å². The maximum absolute atomic E-state index is 13.2. The van der Waals surface area contributed by atoms with Crippen molar-refractivity contribution >= 4 is 18.4 Å². The second-order valence-corrected chi connectivity index (χ2v) is 14.5. The molecule has 2 aromatic carbocycles. The van der Waals surface area contributed by atoms with Crippen LogP contribution in [0, 0.1) is 0 Å². The van der Waals surface area contributed by atoms with E-state index in [1.54, 1.807) is 0 Å². The third-order valence-electron chi connectivity index (χ3n) is 6.79. The number of phenols is 1. The Morgan fingerprint density at radius 3 is 1.65 bits per heavy atom. The van der Waals surface area contributed by atoms with Crippen LogP contribution < -0.4 is 34.7 Å². The van der Waals surface area contributed by atoms with Gasteiger partial charge in [-0.05, 0) is 50.0 Å². The van der Waals surface area contributed by atoms with Gasteiger partial charge in [0, 0.05) is 23.6 Å². The molecular weight excluding hydrogens is 511 g/mol. The van der Waals surface area contributed by atoms with Gasteiger partial charge in [0.1, 0.15) is 5.75 Å². The average molecular weight is 559 g/mol. The second-order valence-electron chi connectivity index (χ2n) is 14.5. The Hall–Kier alpha value is -2.15. The van der Waals surface area contributed by atoms with Crippen molar-refractivity contribution in [1.82, 2.24) is 0 Å². The molecule has 0 amide bonds. The average Bonchev–Trinajstić information content (AvgIpc) is 2.74. The first-order valence-electron chi connectivity index (χ1n) is 13.5. The number of carboxylic acids is 1. The zero-order valence-electron chi connectivity index (χ0n) is 26.9. The van der Waals surface area contributed by atoms with Crippen LogP contribution in [0.1, 0.15) is 116 Å². The smallest absolute Gasteiger partial charge is 0.872 e. The van der Waals surface area contributed by atoms with E-state index in [4.69, 9.17) is 0 Å². The van der Waals surface area contributed by atoms with Crippen LogP contribution in [-0.2, 0) is 26.5 Å². The summed E-state index contributed by atoms with van der Waals surface area (Å²) in [4.78, 5) is 20.7. The minimum Gasteiger partial charge on any atom is -0.872 e. The number of aromatic hydroxyl groups is 1. The number of hydrogen-bond acceptors (Lipinski definition) is 5. The van der Waals surface area contributed by atoms with Crippen molar-refractivity contribution in [2.24, 2.45) is 9.98 Å². The Morgan fingerprint density at radius 2 is 1.23 bits per heavy atom. The van der Waals surface area contributed by atoms with Crippen molar-refractivity contribution in [3.05, 3.63) is 57.6 Å². The van der Waals surface area contributed by atoms with E-state index in [0.29, 0.717) is 16.7 Å². The Bertz CT molecular complexity index is 1270. The fourth-order valence-corrected chi connectivity index (χ4v) is 4.11. The third-order valence-corrected chi connectivity index (χ3v) is 6.79. The molecule has 7 heteroatoms. The summed E-state index contributed by atoms with van der Waals surface area (Å²) in [5.41, 5.74) is 3.43. The van der Waals surface area contributed by atoms with E-state index < -0.39 is 12.0 Å². The van der Waals surface area contributed by atoms with Crippen LogP contribution in [0.3, 0.4) is 0 Å². The minimum absolute atomic E-state index is 0. The van der Waals surface area contributed by atoms with Crippen LogP contribution in [0.2, 0.25) is 0 Å². The van der Waals surface area contributed by atoms with Gasteiger partial charge in [0.05, 0.1) is 6.54 Å². The largest absolute Gasteiger partial charge is 1.00 e. The molecule has 40 heavy (non-hydrogen) atoms. The summed E-state index contributed by atoms with van der Waals surface area (Å²) in [7, 11) is 0. The monoisotopic (exact) mass is 558 g/mol. The SMILES string of the molecule is CC(C)(C)c1cc(C=NCC(N=Cc2cc(C(C)(C)C)cc(C(C)(C)C)c2O)C(=O)O)c([O-])c(C(C)(C)C)c1.[Na+]. The van der Waals surface area contributed by atoms with Crippen molar-refractivity contribution < 1.29 is 49.7 Å². The zero-order chi connectivity index (χ0) is 30.1. The molecule has 214 valence electrons. The summed E-state index contributed by atoms with van der Waals surface area (Å²) in [5, 5.41) is 34.0. The molecule has 0 aliphatic rings. The summed E-state index contributed by atoms with van der Waals surface area (Å²) >= 11 is 0. The van der Waals surface area contributed by atoms with Crippen molar-refractivity contribution in [2.75, 3.05) is 6.54 Å². The molecule has 1 atom stereocenters. The number of rotatable bonds is 6. The standard InChI is InChI=1S/C33H48N2O4.Na/c1-30(2,3)22-13-20(27(36)24(15-22)32(7,8)9)17-34-19-26(29(38)39)35-18-21-14-23(31(4,5)6)16-25(28(21)37)33(10,11)12;/h13-18,26,36-37H,19H2,1-12H3,(H,38,39);/q;+1/p-1. The molecule has 0 radical (unpaired) electrons. The summed E-state index contributed by atoms with van der Waals surface area (Å²) in [5.74, 6) is -1.14. The Morgan fingerprint density at radius 1 is 0.775 bits per heavy atom. The van der Waals surface area contributed by atoms with Gasteiger partial charge in [0.25, 0.3) is 0 Å². The number of aliphatic imine (C=N–C) groups is 2. The quantitative estimate of drug-likeness (QED) is 0.417. The van der Waals surface area contributed by atoms with Crippen molar-refractivity contribution in [2.45, 2.75) is 111 Å². The first-order chi connectivity index (χ1) is 17.5. The molecule has 0 heterocycles. The molecule has 0 saturated carbocycles. The van der Waals surface area contributed by atoms with Gasteiger partial charge in [0.2, 0.25) is 0 Å². The van der Waals surface area contributed by atoms with Crippen LogP contribution in [0.4, 0.5) is 0 Å². The molecule has 2 N–H and O–H groups in total. The number of carbonyl (C=O) groups is 1. The van der Waals surface area contributed by atoms with E-state index in [0.717, 1.165) is 16.7 Å². The maximum Gasteiger partial charge on any atom is 1.00 e. The Balaban J connectivity index is 0.00000800. The number of carboxylic acid groups (broad SMARTS) is 1. The summed E-state index contributed by atoms with van der Waals surface area (Å²) in [6.07, 6.45) is 2.89. The van der Waals surface area contributed by atoms with E-state index in [1.807, 2.05) is 65.8 Å². The van der Waals surface area contributed by atoms with Gasteiger partial charge in [-0.25, -0.2) is 4.79 Å². The van der Waals surface area contributed by atoms with Gasteiger partial charge < -0.3 is 15.3 Å². The molecular formula is C33H47N2NaO4. The summed E-state index contributed by atoms with van der Waals surface area (Å²) in [6, 6.07) is 6.49. The molecule has 0 bridgehead atoms. The number of benzene rings is 2. The number of phenolic OH excluding ortho intramolecular Hbond substituents is 1. The van der Waals surface area contributed by atoms with E-state index >= 15 is 0 Å². The maximum atomic E-state index is 13.2. The van der Waals surface area contributed by atoms with Gasteiger partial charge in [-0.1, -0.05) is 107 Å². The summed E-state index contributed by atoms with van der Waals surface area (Å²) in [6.45, 7) is 24.5. The predicted octanol–water partition coefficient (Wildman–Crippen LogP) is 3.65. The van der Waals surface area contributed by atoms with Crippen molar-refractivity contribution in [3.63, 3.8) is 0 Å². The number of hydrogen-bond donors (Lipinski definition) is 2. The minimum atomic E-state index is -1.17. The fourth-order valence-electron chi connectivity index (χ4n) is 4.11. The molecule has 0 fully saturated rings. The first kappa shape index (κ1) is 35.9. The molecule has 0 aliphatic heterocycles. The third kappa shape index (κ3) is 9.19. The van der Waals surface area contributed by atoms with Crippen molar-refractivity contribution in [3.8, 4) is 11.5 Å². The molecule has 0 aliphatic carbocycles. The fraction of sp³-hybridized carbons (Fsp3) is 0.545. The van der Waals surface area contributed by atoms with Gasteiger partial charge in [-0.3, -0.25) is 9.98 Å². The van der Waals surface area contributed by atoms with E-state index in [9.17, 15) is 20.1 Å². The van der Waals surface area contributed by atoms with Gasteiger partial charge >= 0.3 is 35.5 Å². The molecule has 2 aromatic rings.